The lowest BCUT2D eigenvalue weighted by molar-refractivity contribution is -0.106. The molecule has 2 heteroatoms. The zero-order valence-corrected chi connectivity index (χ0v) is 11.7. The van der Waals surface area contributed by atoms with Crippen LogP contribution in [0.3, 0.4) is 0 Å². The largest absolute Gasteiger partial charge is 0.282 e. The second-order valence-electron chi connectivity index (χ2n) is 4.06. The molecular formula is C17H16OS. The van der Waals surface area contributed by atoms with E-state index in [0.29, 0.717) is 0 Å². The Hall–Kier alpha value is -1.80. The van der Waals surface area contributed by atoms with Crippen molar-refractivity contribution < 1.29 is 4.79 Å². The molecule has 0 fully saturated rings. The first-order chi connectivity index (χ1) is 9.31. The molecule has 0 saturated carbocycles. The van der Waals surface area contributed by atoms with E-state index in [0.717, 1.165) is 22.5 Å². The maximum Gasteiger partial charge on any atom is 0.219 e. The SMILES string of the molecule is CCSC(=O)/C(=C/c1ccccc1)c1ccccc1. The van der Waals surface area contributed by atoms with Crippen LogP contribution in [0.1, 0.15) is 18.1 Å². The molecule has 0 saturated heterocycles. The molecule has 96 valence electrons. The van der Waals surface area contributed by atoms with Gasteiger partial charge in [-0.15, -0.1) is 0 Å². The van der Waals surface area contributed by atoms with Crippen molar-refractivity contribution in [2.75, 3.05) is 5.75 Å². The summed E-state index contributed by atoms with van der Waals surface area (Å²) >= 11 is 1.35. The number of rotatable bonds is 4. The minimum Gasteiger partial charge on any atom is -0.282 e. The molecule has 0 aromatic heterocycles. The molecular weight excluding hydrogens is 252 g/mol. The van der Waals surface area contributed by atoms with Gasteiger partial charge in [0.2, 0.25) is 5.12 Å². The lowest BCUT2D eigenvalue weighted by Crippen LogP contribution is -1.97. The van der Waals surface area contributed by atoms with Crippen LogP contribution >= 0.6 is 11.8 Å². The third-order valence-corrected chi connectivity index (χ3v) is 3.46. The van der Waals surface area contributed by atoms with E-state index in [1.54, 1.807) is 0 Å². The smallest absolute Gasteiger partial charge is 0.219 e. The Morgan fingerprint density at radius 2 is 1.58 bits per heavy atom. The molecule has 0 unspecified atom stereocenters. The van der Waals surface area contributed by atoms with Gasteiger partial charge in [-0.2, -0.15) is 0 Å². The van der Waals surface area contributed by atoms with Gasteiger partial charge in [-0.1, -0.05) is 79.3 Å². The second-order valence-corrected chi connectivity index (χ2v) is 5.29. The Bertz CT molecular complexity index is 558. The van der Waals surface area contributed by atoms with Gasteiger partial charge in [0.05, 0.1) is 0 Å². The van der Waals surface area contributed by atoms with Crippen molar-refractivity contribution in [3.8, 4) is 0 Å². The van der Waals surface area contributed by atoms with Crippen LogP contribution in [0.25, 0.3) is 11.6 Å². The summed E-state index contributed by atoms with van der Waals surface area (Å²) in [6, 6.07) is 19.8. The fraction of sp³-hybridized carbons (Fsp3) is 0.118. The van der Waals surface area contributed by atoms with E-state index in [1.807, 2.05) is 73.7 Å². The van der Waals surface area contributed by atoms with Gasteiger partial charge in [-0.05, 0) is 23.0 Å². The van der Waals surface area contributed by atoms with E-state index in [4.69, 9.17) is 0 Å². The highest BCUT2D eigenvalue weighted by Crippen LogP contribution is 2.24. The van der Waals surface area contributed by atoms with Crippen molar-refractivity contribution in [1.82, 2.24) is 0 Å². The quantitative estimate of drug-likeness (QED) is 0.599. The number of thioether (sulfide) groups is 1. The Kier molecular flexibility index (Phi) is 4.99. The van der Waals surface area contributed by atoms with Crippen molar-refractivity contribution >= 4 is 28.5 Å². The van der Waals surface area contributed by atoms with Gasteiger partial charge in [0.1, 0.15) is 0 Å². The molecule has 0 atom stereocenters. The monoisotopic (exact) mass is 268 g/mol. The molecule has 0 aliphatic heterocycles. The predicted molar refractivity (Wildman–Crippen MR) is 83.9 cm³/mol. The zero-order valence-electron chi connectivity index (χ0n) is 10.9. The molecule has 0 spiro atoms. The average molecular weight is 268 g/mol. The Labute approximate surface area is 118 Å². The maximum absolute atomic E-state index is 12.2. The Balaban J connectivity index is 2.41. The molecule has 1 nitrogen and oxygen atoms in total. The molecule has 19 heavy (non-hydrogen) atoms. The molecule has 0 aliphatic rings. The highest BCUT2D eigenvalue weighted by atomic mass is 32.2. The lowest BCUT2D eigenvalue weighted by Gasteiger charge is -2.06. The first-order valence-corrected chi connectivity index (χ1v) is 7.29. The summed E-state index contributed by atoms with van der Waals surface area (Å²) in [5.41, 5.74) is 2.78. The first-order valence-electron chi connectivity index (χ1n) is 6.30. The zero-order chi connectivity index (χ0) is 13.5. The summed E-state index contributed by atoms with van der Waals surface area (Å²) in [6.07, 6.45) is 1.96. The molecule has 0 bridgehead atoms. The summed E-state index contributed by atoms with van der Waals surface area (Å²) in [7, 11) is 0. The fourth-order valence-corrected chi connectivity index (χ4v) is 2.40. The Morgan fingerprint density at radius 3 is 2.16 bits per heavy atom. The minimum absolute atomic E-state index is 0.123. The normalized spacial score (nSPS) is 11.3. The van der Waals surface area contributed by atoms with E-state index in [9.17, 15) is 4.79 Å². The average Bonchev–Trinajstić information content (AvgIpc) is 2.47. The lowest BCUT2D eigenvalue weighted by atomic mass is 10.0. The van der Waals surface area contributed by atoms with Crippen LogP contribution in [0.15, 0.2) is 60.7 Å². The second kappa shape index (κ2) is 6.95. The molecule has 2 aromatic rings. The van der Waals surface area contributed by atoms with E-state index < -0.39 is 0 Å². The third-order valence-electron chi connectivity index (χ3n) is 2.69. The van der Waals surface area contributed by atoms with Crippen LogP contribution < -0.4 is 0 Å². The van der Waals surface area contributed by atoms with Crippen LogP contribution in [0, 0.1) is 0 Å². The van der Waals surface area contributed by atoms with E-state index in [2.05, 4.69) is 0 Å². The Morgan fingerprint density at radius 1 is 1.00 bits per heavy atom. The summed E-state index contributed by atoms with van der Waals surface area (Å²) in [6.45, 7) is 1.99. The highest BCUT2D eigenvalue weighted by Gasteiger charge is 2.11. The minimum atomic E-state index is 0.123. The van der Waals surface area contributed by atoms with Crippen LogP contribution in [-0.4, -0.2) is 10.9 Å². The predicted octanol–water partition coefficient (Wildman–Crippen LogP) is 4.51. The van der Waals surface area contributed by atoms with Gasteiger partial charge >= 0.3 is 0 Å². The van der Waals surface area contributed by atoms with Crippen molar-refractivity contribution in [2.24, 2.45) is 0 Å². The molecule has 0 heterocycles. The molecule has 0 amide bonds. The third kappa shape index (κ3) is 3.83. The first kappa shape index (κ1) is 13.6. The topological polar surface area (TPSA) is 17.1 Å². The van der Waals surface area contributed by atoms with Crippen LogP contribution in [-0.2, 0) is 4.79 Å². The van der Waals surface area contributed by atoms with Gasteiger partial charge in [0.25, 0.3) is 0 Å². The summed E-state index contributed by atoms with van der Waals surface area (Å²) in [5.74, 6) is 0.789. The van der Waals surface area contributed by atoms with Gasteiger partial charge in [0.15, 0.2) is 0 Å². The fourth-order valence-electron chi connectivity index (χ4n) is 1.80. The van der Waals surface area contributed by atoms with E-state index in [1.165, 1.54) is 11.8 Å². The van der Waals surface area contributed by atoms with Crippen molar-refractivity contribution in [1.29, 1.82) is 0 Å². The summed E-state index contributed by atoms with van der Waals surface area (Å²) < 4.78 is 0. The van der Waals surface area contributed by atoms with E-state index in [-0.39, 0.29) is 5.12 Å². The number of benzene rings is 2. The standard InChI is InChI=1S/C17H16OS/c1-2-19-17(18)16(15-11-7-4-8-12-15)13-14-9-5-3-6-10-14/h3-13H,2H2,1H3/b16-13+. The van der Waals surface area contributed by atoms with E-state index >= 15 is 0 Å². The number of carbonyl (C=O) groups excluding carboxylic acids is 1. The van der Waals surface area contributed by atoms with Crippen molar-refractivity contribution in [3.05, 3.63) is 71.8 Å². The molecule has 0 N–H and O–H groups in total. The van der Waals surface area contributed by atoms with Gasteiger partial charge in [0, 0.05) is 5.57 Å². The van der Waals surface area contributed by atoms with Crippen LogP contribution in [0.4, 0.5) is 0 Å². The number of carbonyl (C=O) groups is 1. The van der Waals surface area contributed by atoms with Crippen molar-refractivity contribution in [3.63, 3.8) is 0 Å². The number of hydrogen-bond donors (Lipinski definition) is 0. The van der Waals surface area contributed by atoms with Gasteiger partial charge in [-0.3, -0.25) is 4.79 Å². The maximum atomic E-state index is 12.2. The van der Waals surface area contributed by atoms with Crippen LogP contribution in [0.5, 0.6) is 0 Å². The highest BCUT2D eigenvalue weighted by molar-refractivity contribution is 8.14. The summed E-state index contributed by atoms with van der Waals surface area (Å²) in [5, 5.41) is 0.123. The summed E-state index contributed by atoms with van der Waals surface area (Å²) in [4.78, 5) is 12.2. The van der Waals surface area contributed by atoms with Gasteiger partial charge in [-0.25, -0.2) is 0 Å². The van der Waals surface area contributed by atoms with Crippen LogP contribution in [0.2, 0.25) is 0 Å². The molecule has 0 aliphatic carbocycles. The molecule has 0 radical (unpaired) electrons. The molecule has 2 aromatic carbocycles. The van der Waals surface area contributed by atoms with Gasteiger partial charge < -0.3 is 0 Å². The molecule has 2 rings (SSSR count). The van der Waals surface area contributed by atoms with Crippen molar-refractivity contribution in [2.45, 2.75) is 6.92 Å². The number of hydrogen-bond acceptors (Lipinski definition) is 2.